The Morgan fingerprint density at radius 1 is 1.10 bits per heavy atom. The Bertz CT molecular complexity index is 887. The summed E-state index contributed by atoms with van der Waals surface area (Å²) in [5.74, 6) is -1.55. The Morgan fingerprint density at radius 2 is 1.86 bits per heavy atom. The normalized spacial score (nSPS) is 10.4. The molecule has 0 spiro atoms. The molecule has 2 rings (SSSR count). The highest BCUT2D eigenvalue weighted by atomic mass is 79.9. The van der Waals surface area contributed by atoms with Crippen LogP contribution in [0.15, 0.2) is 58.1 Å². The molecule has 0 radical (unpaired) electrons. The van der Waals surface area contributed by atoms with Crippen LogP contribution >= 0.6 is 15.9 Å². The first-order valence-electron chi connectivity index (χ1n) is 8.88. The van der Waals surface area contributed by atoms with Crippen molar-refractivity contribution in [3.63, 3.8) is 0 Å². The number of halogens is 1. The van der Waals surface area contributed by atoms with Crippen LogP contribution in [0.3, 0.4) is 0 Å². The maximum Gasteiger partial charge on any atom is 0.329 e. The van der Waals surface area contributed by atoms with E-state index in [1.807, 2.05) is 25.1 Å². The number of anilines is 1. The number of nitrogens with zero attached hydrogens (tertiary/aromatic N) is 1. The minimum Gasteiger partial charge on any atom is -0.483 e. The molecule has 0 unspecified atom stereocenters. The smallest absolute Gasteiger partial charge is 0.329 e. The fourth-order valence-corrected chi connectivity index (χ4v) is 2.52. The molecule has 2 aromatic carbocycles. The highest BCUT2D eigenvalue weighted by Crippen LogP contribution is 2.22. The third kappa shape index (κ3) is 7.74. The average molecular weight is 461 g/mol. The topological polar surface area (TPSA) is 109 Å². The van der Waals surface area contributed by atoms with Crippen LogP contribution in [0.2, 0.25) is 0 Å². The molecule has 0 saturated carbocycles. The summed E-state index contributed by atoms with van der Waals surface area (Å²) in [6.07, 6.45) is 2.05. The minimum atomic E-state index is -0.866. The van der Waals surface area contributed by atoms with Gasteiger partial charge in [-0.25, -0.2) is 5.43 Å². The Labute approximate surface area is 176 Å². The number of nitrogens with one attached hydrogen (secondary N) is 3. The van der Waals surface area contributed by atoms with Gasteiger partial charge < -0.3 is 15.4 Å². The van der Waals surface area contributed by atoms with Gasteiger partial charge in [0.15, 0.2) is 6.61 Å². The van der Waals surface area contributed by atoms with Gasteiger partial charge in [0.1, 0.15) is 5.75 Å². The van der Waals surface area contributed by atoms with Crippen molar-refractivity contribution in [2.75, 3.05) is 18.5 Å². The molecule has 0 aliphatic heterocycles. The summed E-state index contributed by atoms with van der Waals surface area (Å²) in [4.78, 5) is 35.2. The van der Waals surface area contributed by atoms with Gasteiger partial charge in [-0.3, -0.25) is 14.4 Å². The fourth-order valence-electron chi connectivity index (χ4n) is 2.14. The molecule has 29 heavy (non-hydrogen) atoms. The van der Waals surface area contributed by atoms with Gasteiger partial charge in [0, 0.05) is 22.3 Å². The van der Waals surface area contributed by atoms with Crippen LogP contribution in [0.25, 0.3) is 0 Å². The molecule has 0 aromatic heterocycles. The second kappa shape index (κ2) is 11.6. The fraction of sp³-hybridized carbons (Fsp3) is 0.200. The molecule has 0 bridgehead atoms. The Kier molecular flexibility index (Phi) is 8.84. The highest BCUT2D eigenvalue weighted by molar-refractivity contribution is 9.10. The SMILES string of the molecule is CCCNC(=O)C(=O)N/N=C\c1cc(Br)ccc1OCC(=O)Nc1ccccc1. The summed E-state index contributed by atoms with van der Waals surface area (Å²) in [6.45, 7) is 2.08. The van der Waals surface area contributed by atoms with E-state index in [1.54, 1.807) is 30.3 Å². The Morgan fingerprint density at radius 3 is 2.59 bits per heavy atom. The summed E-state index contributed by atoms with van der Waals surface area (Å²) in [5.41, 5.74) is 3.34. The van der Waals surface area contributed by atoms with Gasteiger partial charge >= 0.3 is 11.8 Å². The van der Waals surface area contributed by atoms with E-state index in [2.05, 4.69) is 37.1 Å². The number of amides is 3. The van der Waals surface area contributed by atoms with Crippen molar-refractivity contribution >= 4 is 45.6 Å². The molecular weight excluding hydrogens is 440 g/mol. The van der Waals surface area contributed by atoms with Gasteiger partial charge in [-0.05, 0) is 36.8 Å². The third-order valence-corrected chi connectivity index (χ3v) is 3.99. The lowest BCUT2D eigenvalue weighted by Gasteiger charge is -2.10. The van der Waals surface area contributed by atoms with Crippen LogP contribution in [-0.2, 0) is 14.4 Å². The molecule has 0 atom stereocenters. The molecule has 0 aliphatic carbocycles. The van der Waals surface area contributed by atoms with Crippen molar-refractivity contribution in [1.82, 2.24) is 10.7 Å². The summed E-state index contributed by atoms with van der Waals surface area (Å²) in [7, 11) is 0. The first kappa shape index (κ1) is 22.1. The zero-order valence-electron chi connectivity index (χ0n) is 15.8. The quantitative estimate of drug-likeness (QED) is 0.319. The van der Waals surface area contributed by atoms with Crippen molar-refractivity contribution in [2.24, 2.45) is 5.10 Å². The number of carbonyl (C=O) groups excluding carboxylic acids is 3. The number of hydrazone groups is 1. The molecule has 9 heteroatoms. The molecule has 0 aliphatic rings. The number of hydrogen-bond acceptors (Lipinski definition) is 5. The van der Waals surface area contributed by atoms with Crippen molar-refractivity contribution in [3.8, 4) is 5.75 Å². The molecular formula is C20H21BrN4O4. The average Bonchev–Trinajstić information content (AvgIpc) is 2.72. The number of benzene rings is 2. The number of hydrogen-bond donors (Lipinski definition) is 3. The minimum absolute atomic E-state index is 0.205. The number of ether oxygens (including phenoxy) is 1. The van der Waals surface area contributed by atoms with E-state index in [0.717, 1.165) is 10.9 Å². The van der Waals surface area contributed by atoms with E-state index in [0.29, 0.717) is 23.5 Å². The van der Waals surface area contributed by atoms with E-state index in [4.69, 9.17) is 4.74 Å². The van der Waals surface area contributed by atoms with E-state index in [-0.39, 0.29) is 12.5 Å². The molecule has 2 aromatic rings. The van der Waals surface area contributed by atoms with Gasteiger partial charge in [0.25, 0.3) is 5.91 Å². The summed E-state index contributed by atoms with van der Waals surface area (Å²) < 4.78 is 6.32. The Hall–Kier alpha value is -3.20. The zero-order valence-corrected chi connectivity index (χ0v) is 17.4. The van der Waals surface area contributed by atoms with E-state index in [9.17, 15) is 14.4 Å². The van der Waals surface area contributed by atoms with Crippen LogP contribution < -0.4 is 20.8 Å². The second-order valence-corrected chi connectivity index (χ2v) is 6.76. The van der Waals surface area contributed by atoms with Crippen LogP contribution in [0.1, 0.15) is 18.9 Å². The lowest BCUT2D eigenvalue weighted by molar-refractivity contribution is -0.139. The summed E-state index contributed by atoms with van der Waals surface area (Å²) in [6, 6.07) is 14.1. The van der Waals surface area contributed by atoms with Gasteiger partial charge in [-0.15, -0.1) is 0 Å². The zero-order chi connectivity index (χ0) is 21.1. The van der Waals surface area contributed by atoms with Crippen LogP contribution in [0, 0.1) is 0 Å². The molecule has 3 amide bonds. The van der Waals surface area contributed by atoms with Gasteiger partial charge in [0.2, 0.25) is 0 Å². The van der Waals surface area contributed by atoms with Gasteiger partial charge in [0.05, 0.1) is 6.21 Å². The highest BCUT2D eigenvalue weighted by Gasteiger charge is 2.11. The Balaban J connectivity index is 1.95. The van der Waals surface area contributed by atoms with E-state index >= 15 is 0 Å². The molecule has 152 valence electrons. The van der Waals surface area contributed by atoms with Gasteiger partial charge in [-0.2, -0.15) is 5.10 Å². The molecule has 8 nitrogen and oxygen atoms in total. The van der Waals surface area contributed by atoms with Crippen molar-refractivity contribution in [2.45, 2.75) is 13.3 Å². The van der Waals surface area contributed by atoms with E-state index < -0.39 is 11.8 Å². The van der Waals surface area contributed by atoms with Crippen LogP contribution in [0.5, 0.6) is 5.75 Å². The van der Waals surface area contributed by atoms with Gasteiger partial charge in [-0.1, -0.05) is 41.1 Å². The monoisotopic (exact) mass is 460 g/mol. The molecule has 3 N–H and O–H groups in total. The number of carbonyl (C=O) groups is 3. The van der Waals surface area contributed by atoms with Crippen molar-refractivity contribution < 1.29 is 19.1 Å². The summed E-state index contributed by atoms with van der Waals surface area (Å²) >= 11 is 3.35. The molecule has 0 saturated heterocycles. The van der Waals surface area contributed by atoms with Crippen LogP contribution in [0.4, 0.5) is 5.69 Å². The predicted octanol–water partition coefficient (Wildman–Crippen LogP) is 2.44. The second-order valence-electron chi connectivity index (χ2n) is 5.84. The lowest BCUT2D eigenvalue weighted by Crippen LogP contribution is -2.38. The maximum absolute atomic E-state index is 12.0. The molecule has 0 fully saturated rings. The third-order valence-electron chi connectivity index (χ3n) is 3.50. The van der Waals surface area contributed by atoms with E-state index in [1.165, 1.54) is 6.21 Å². The predicted molar refractivity (Wildman–Crippen MR) is 114 cm³/mol. The first-order valence-corrected chi connectivity index (χ1v) is 9.67. The van der Waals surface area contributed by atoms with Crippen molar-refractivity contribution in [3.05, 3.63) is 58.6 Å². The largest absolute Gasteiger partial charge is 0.483 e. The lowest BCUT2D eigenvalue weighted by atomic mass is 10.2. The molecule has 0 heterocycles. The standard InChI is InChI=1S/C20H21BrN4O4/c1-2-10-22-19(27)20(28)25-23-12-14-11-15(21)8-9-17(14)29-13-18(26)24-16-6-4-3-5-7-16/h3-9,11-12H,2,10,13H2,1H3,(H,22,27)(H,24,26)(H,25,28)/b23-12-. The van der Waals surface area contributed by atoms with Crippen LogP contribution in [-0.4, -0.2) is 37.1 Å². The number of rotatable bonds is 8. The summed E-state index contributed by atoms with van der Waals surface area (Å²) in [5, 5.41) is 8.96. The van der Waals surface area contributed by atoms with Crippen molar-refractivity contribution in [1.29, 1.82) is 0 Å². The maximum atomic E-state index is 12.0. The number of para-hydroxylation sites is 1. The first-order chi connectivity index (χ1) is 14.0.